The van der Waals surface area contributed by atoms with Crippen molar-refractivity contribution in [1.29, 1.82) is 0 Å². The van der Waals surface area contributed by atoms with Crippen LogP contribution in [-0.2, 0) is 22.1 Å². The average Bonchev–Trinajstić information content (AvgIpc) is 2.85. The Morgan fingerprint density at radius 1 is 1.03 bits per heavy atom. The highest BCUT2D eigenvalue weighted by molar-refractivity contribution is 6.32. The van der Waals surface area contributed by atoms with Gasteiger partial charge in [0, 0.05) is 17.3 Å². The Morgan fingerprint density at radius 2 is 1.81 bits per heavy atom. The van der Waals surface area contributed by atoms with Gasteiger partial charge in [0.2, 0.25) is 0 Å². The number of rotatable bonds is 11. The summed E-state index contributed by atoms with van der Waals surface area (Å²) in [4.78, 5) is 16.0. The summed E-state index contributed by atoms with van der Waals surface area (Å²) < 4.78 is 48.9. The predicted molar refractivity (Wildman–Crippen MR) is 135 cm³/mol. The van der Waals surface area contributed by atoms with Crippen LogP contribution < -0.4 is 4.74 Å². The number of aryl methyl sites for hydroxylation is 1. The maximum absolute atomic E-state index is 12.8. The minimum Gasteiger partial charge on any atom is -0.494 e. The van der Waals surface area contributed by atoms with Crippen molar-refractivity contribution in [1.82, 2.24) is 4.98 Å². The number of carbonyl (C=O) groups is 1. The molecular weight excluding hydrogens is 491 g/mol. The fourth-order valence-electron chi connectivity index (χ4n) is 3.47. The summed E-state index contributed by atoms with van der Waals surface area (Å²) in [5.74, 6) is 0.231. The molecular formula is C28H27ClF3NO3. The zero-order valence-electron chi connectivity index (χ0n) is 19.9. The standard InChI is InChI=1S/C28H27ClF3NO3/c1-2-35-27(34)17-13-20-12-16-24(19-25(20)29)36-18-5-3-4-7-23-8-6-9-26(33-23)21-10-14-22(15-11-21)28(30,31)32/h6,8-17,19H,2-5,7,18H2,1H3. The van der Waals surface area contributed by atoms with Gasteiger partial charge in [-0.15, -0.1) is 0 Å². The van der Waals surface area contributed by atoms with E-state index < -0.39 is 17.7 Å². The minimum atomic E-state index is -4.35. The summed E-state index contributed by atoms with van der Waals surface area (Å²) in [5, 5.41) is 0.479. The Labute approximate surface area is 213 Å². The van der Waals surface area contributed by atoms with Crippen LogP contribution in [0.15, 0.2) is 66.7 Å². The van der Waals surface area contributed by atoms with Crippen molar-refractivity contribution in [2.24, 2.45) is 0 Å². The summed E-state index contributed by atoms with van der Waals surface area (Å²) in [5.41, 5.74) is 2.23. The van der Waals surface area contributed by atoms with E-state index in [-0.39, 0.29) is 0 Å². The molecule has 8 heteroatoms. The van der Waals surface area contributed by atoms with Crippen LogP contribution in [0.3, 0.4) is 0 Å². The normalized spacial score (nSPS) is 11.6. The van der Waals surface area contributed by atoms with Gasteiger partial charge in [-0.05, 0) is 86.7 Å². The molecule has 3 aromatic rings. The molecule has 0 aliphatic carbocycles. The Bertz CT molecular complexity index is 1180. The minimum absolute atomic E-state index is 0.315. The van der Waals surface area contributed by atoms with Gasteiger partial charge >= 0.3 is 12.1 Å². The summed E-state index contributed by atoms with van der Waals surface area (Å²) in [7, 11) is 0. The maximum Gasteiger partial charge on any atom is 0.416 e. The van der Waals surface area contributed by atoms with Gasteiger partial charge in [-0.2, -0.15) is 13.2 Å². The van der Waals surface area contributed by atoms with Crippen molar-refractivity contribution < 1.29 is 27.4 Å². The van der Waals surface area contributed by atoms with E-state index >= 15 is 0 Å². The van der Waals surface area contributed by atoms with Gasteiger partial charge in [0.25, 0.3) is 0 Å². The zero-order chi connectivity index (χ0) is 26.0. The van der Waals surface area contributed by atoms with Gasteiger partial charge < -0.3 is 9.47 Å². The number of esters is 1. The third-order valence-corrected chi connectivity index (χ3v) is 5.65. The highest BCUT2D eigenvalue weighted by Gasteiger charge is 2.30. The summed E-state index contributed by atoms with van der Waals surface area (Å²) in [6.07, 6.45) is 2.04. The first-order chi connectivity index (χ1) is 17.3. The van der Waals surface area contributed by atoms with E-state index in [4.69, 9.17) is 21.1 Å². The fourth-order valence-corrected chi connectivity index (χ4v) is 3.70. The van der Waals surface area contributed by atoms with E-state index in [9.17, 15) is 18.0 Å². The molecule has 1 aromatic heterocycles. The number of benzene rings is 2. The van der Waals surface area contributed by atoms with Crippen LogP contribution in [0, 0.1) is 0 Å². The summed E-state index contributed by atoms with van der Waals surface area (Å²) in [6.45, 7) is 2.59. The molecule has 2 aromatic carbocycles. The lowest BCUT2D eigenvalue weighted by atomic mass is 10.1. The topological polar surface area (TPSA) is 48.4 Å². The van der Waals surface area contributed by atoms with E-state index in [1.807, 2.05) is 12.1 Å². The molecule has 0 aliphatic rings. The van der Waals surface area contributed by atoms with Crippen LogP contribution in [0.1, 0.15) is 43.0 Å². The van der Waals surface area contributed by atoms with Crippen molar-refractivity contribution in [3.8, 4) is 17.0 Å². The third-order valence-electron chi connectivity index (χ3n) is 5.32. The monoisotopic (exact) mass is 517 g/mol. The summed E-state index contributed by atoms with van der Waals surface area (Å²) in [6, 6.07) is 15.9. The lowest BCUT2D eigenvalue weighted by Gasteiger charge is -2.09. The van der Waals surface area contributed by atoms with E-state index in [1.165, 1.54) is 18.2 Å². The molecule has 0 unspecified atom stereocenters. The smallest absolute Gasteiger partial charge is 0.416 e. The Morgan fingerprint density at radius 3 is 2.50 bits per heavy atom. The number of hydrogen-bond donors (Lipinski definition) is 0. The molecule has 0 aliphatic heterocycles. The highest BCUT2D eigenvalue weighted by Crippen LogP contribution is 2.30. The lowest BCUT2D eigenvalue weighted by molar-refractivity contribution is -0.138. The molecule has 0 amide bonds. The highest BCUT2D eigenvalue weighted by atomic mass is 35.5. The molecule has 0 atom stereocenters. The Kier molecular flexibility index (Phi) is 9.94. The molecule has 0 saturated carbocycles. The third kappa shape index (κ3) is 8.41. The van der Waals surface area contributed by atoms with Crippen LogP contribution in [0.25, 0.3) is 17.3 Å². The number of ether oxygens (including phenoxy) is 2. The first-order valence-corrected chi connectivity index (χ1v) is 12.0. The van der Waals surface area contributed by atoms with Crippen molar-refractivity contribution in [3.63, 3.8) is 0 Å². The molecule has 4 nitrogen and oxygen atoms in total. The Hall–Kier alpha value is -3.32. The zero-order valence-corrected chi connectivity index (χ0v) is 20.6. The molecule has 0 spiro atoms. The van der Waals surface area contributed by atoms with Gasteiger partial charge in [0.1, 0.15) is 5.75 Å². The molecule has 1 heterocycles. The first-order valence-electron chi connectivity index (χ1n) is 11.7. The van der Waals surface area contributed by atoms with Crippen molar-refractivity contribution in [3.05, 3.63) is 88.6 Å². The van der Waals surface area contributed by atoms with Gasteiger partial charge in [-0.3, -0.25) is 4.98 Å². The molecule has 0 bridgehead atoms. The predicted octanol–water partition coefficient (Wildman–Crippen LogP) is 7.79. The maximum atomic E-state index is 12.8. The molecule has 0 fully saturated rings. The number of pyridine rings is 1. The van der Waals surface area contributed by atoms with Crippen LogP contribution in [0.5, 0.6) is 5.75 Å². The number of halogens is 4. The molecule has 0 saturated heterocycles. The number of carbonyl (C=O) groups excluding carboxylic acids is 1. The van der Waals surface area contributed by atoms with E-state index in [1.54, 1.807) is 37.3 Å². The fraction of sp³-hybridized carbons (Fsp3) is 0.286. The van der Waals surface area contributed by atoms with Gasteiger partial charge in [-0.1, -0.05) is 29.8 Å². The second kappa shape index (κ2) is 13.1. The van der Waals surface area contributed by atoms with E-state index in [2.05, 4.69) is 4.98 Å². The number of hydrogen-bond acceptors (Lipinski definition) is 4. The van der Waals surface area contributed by atoms with Gasteiger partial charge in [0.15, 0.2) is 0 Å². The second-order valence-electron chi connectivity index (χ2n) is 8.02. The van der Waals surface area contributed by atoms with Crippen molar-refractivity contribution >= 4 is 23.6 Å². The number of unbranched alkanes of at least 4 members (excludes halogenated alkanes) is 2. The second-order valence-corrected chi connectivity index (χ2v) is 8.42. The van der Waals surface area contributed by atoms with Crippen LogP contribution >= 0.6 is 11.6 Å². The van der Waals surface area contributed by atoms with Crippen LogP contribution in [-0.4, -0.2) is 24.2 Å². The summed E-state index contributed by atoms with van der Waals surface area (Å²) >= 11 is 6.26. The number of alkyl halides is 3. The largest absolute Gasteiger partial charge is 0.494 e. The van der Waals surface area contributed by atoms with E-state index in [0.29, 0.717) is 40.8 Å². The van der Waals surface area contributed by atoms with E-state index in [0.717, 1.165) is 43.5 Å². The van der Waals surface area contributed by atoms with Gasteiger partial charge in [-0.25, -0.2) is 4.79 Å². The lowest BCUT2D eigenvalue weighted by Crippen LogP contribution is -2.04. The van der Waals surface area contributed by atoms with Gasteiger partial charge in [0.05, 0.1) is 29.5 Å². The first kappa shape index (κ1) is 27.3. The van der Waals surface area contributed by atoms with Crippen molar-refractivity contribution in [2.45, 2.75) is 38.8 Å². The quantitative estimate of drug-likeness (QED) is 0.148. The molecule has 190 valence electrons. The Balaban J connectivity index is 1.42. The number of nitrogens with zero attached hydrogens (tertiary/aromatic N) is 1. The van der Waals surface area contributed by atoms with Crippen LogP contribution in [0.2, 0.25) is 5.02 Å². The van der Waals surface area contributed by atoms with Crippen LogP contribution in [0.4, 0.5) is 13.2 Å². The molecule has 3 rings (SSSR count). The molecule has 0 radical (unpaired) electrons. The number of aromatic nitrogens is 1. The van der Waals surface area contributed by atoms with Crippen molar-refractivity contribution in [2.75, 3.05) is 13.2 Å². The molecule has 36 heavy (non-hydrogen) atoms. The average molecular weight is 518 g/mol. The molecule has 0 N–H and O–H groups in total. The SMILES string of the molecule is CCOC(=O)C=Cc1ccc(OCCCCCc2cccc(-c3ccc(C(F)(F)F)cc3)n2)cc1Cl.